The molecule has 2 rings (SSSR count). The molecule has 5 nitrogen and oxygen atoms in total. The quantitative estimate of drug-likeness (QED) is 0.861. The number of rotatable bonds is 5. The standard InChI is InChI=1S/C19H24N2O3S/c1-14-8-5-6-9-16(14)13-20-18(22)15-10-7-11-17(12-15)25(23,24)21-19(2,3)4/h5-12,21H,13H2,1-4H3,(H,20,22). The summed E-state index contributed by atoms with van der Waals surface area (Å²) in [6.45, 7) is 7.67. The SMILES string of the molecule is Cc1ccccc1CNC(=O)c1cccc(S(=O)(=O)NC(C)(C)C)c1. The van der Waals surface area contributed by atoms with Crippen LogP contribution in [0, 0.1) is 6.92 Å². The maximum Gasteiger partial charge on any atom is 0.251 e. The summed E-state index contributed by atoms with van der Waals surface area (Å²) in [5.74, 6) is -0.309. The number of aryl methyl sites for hydroxylation is 1. The summed E-state index contributed by atoms with van der Waals surface area (Å²) in [6, 6.07) is 13.8. The molecule has 0 spiro atoms. The third kappa shape index (κ3) is 5.41. The van der Waals surface area contributed by atoms with E-state index in [2.05, 4.69) is 10.0 Å². The van der Waals surface area contributed by atoms with Gasteiger partial charge in [-0.25, -0.2) is 13.1 Å². The normalized spacial score (nSPS) is 12.0. The van der Waals surface area contributed by atoms with Crippen molar-refractivity contribution in [3.63, 3.8) is 0 Å². The molecule has 0 radical (unpaired) electrons. The van der Waals surface area contributed by atoms with Crippen molar-refractivity contribution < 1.29 is 13.2 Å². The van der Waals surface area contributed by atoms with E-state index in [-0.39, 0.29) is 10.8 Å². The molecule has 0 unspecified atom stereocenters. The minimum atomic E-state index is -3.68. The smallest absolute Gasteiger partial charge is 0.251 e. The number of carbonyl (C=O) groups excluding carboxylic acids is 1. The molecule has 0 saturated heterocycles. The first-order chi connectivity index (χ1) is 11.6. The summed E-state index contributed by atoms with van der Waals surface area (Å²) in [5, 5.41) is 2.83. The Morgan fingerprint density at radius 3 is 2.36 bits per heavy atom. The number of amides is 1. The summed E-state index contributed by atoms with van der Waals surface area (Å²) >= 11 is 0. The van der Waals surface area contributed by atoms with Gasteiger partial charge >= 0.3 is 0 Å². The zero-order valence-electron chi connectivity index (χ0n) is 15.0. The Morgan fingerprint density at radius 1 is 1.04 bits per heavy atom. The van der Waals surface area contributed by atoms with Gasteiger partial charge in [-0.05, 0) is 57.0 Å². The fourth-order valence-corrected chi connectivity index (χ4v) is 3.82. The molecule has 0 atom stereocenters. The van der Waals surface area contributed by atoms with Crippen molar-refractivity contribution in [2.75, 3.05) is 0 Å². The van der Waals surface area contributed by atoms with Gasteiger partial charge in [-0.1, -0.05) is 30.3 Å². The highest BCUT2D eigenvalue weighted by atomic mass is 32.2. The molecule has 2 aromatic rings. The van der Waals surface area contributed by atoms with Gasteiger partial charge in [0.1, 0.15) is 0 Å². The third-order valence-electron chi connectivity index (χ3n) is 3.55. The van der Waals surface area contributed by atoms with Gasteiger partial charge in [0.2, 0.25) is 10.0 Å². The highest BCUT2D eigenvalue weighted by Crippen LogP contribution is 2.15. The molecule has 0 aliphatic rings. The molecule has 0 fully saturated rings. The molecule has 0 bridgehead atoms. The van der Waals surface area contributed by atoms with Crippen LogP contribution in [0.25, 0.3) is 0 Å². The predicted molar refractivity (Wildman–Crippen MR) is 98.9 cm³/mol. The molecule has 2 N–H and O–H groups in total. The molecule has 1 amide bonds. The maximum atomic E-state index is 12.4. The second kappa shape index (κ2) is 7.37. The first-order valence-electron chi connectivity index (χ1n) is 8.05. The number of hydrogen-bond donors (Lipinski definition) is 2. The lowest BCUT2D eigenvalue weighted by Gasteiger charge is -2.20. The molecular weight excluding hydrogens is 336 g/mol. The molecule has 2 aromatic carbocycles. The molecule has 0 saturated carbocycles. The van der Waals surface area contributed by atoms with Gasteiger partial charge in [0.05, 0.1) is 4.90 Å². The summed E-state index contributed by atoms with van der Waals surface area (Å²) in [4.78, 5) is 12.4. The Hall–Kier alpha value is -2.18. The van der Waals surface area contributed by atoms with E-state index in [0.29, 0.717) is 12.1 Å². The van der Waals surface area contributed by atoms with Crippen molar-refractivity contribution in [1.29, 1.82) is 0 Å². The van der Waals surface area contributed by atoms with Crippen LogP contribution < -0.4 is 10.0 Å². The number of nitrogens with one attached hydrogen (secondary N) is 2. The van der Waals surface area contributed by atoms with Gasteiger partial charge in [-0.2, -0.15) is 0 Å². The summed E-state index contributed by atoms with van der Waals surface area (Å²) in [6.07, 6.45) is 0. The molecule has 0 heterocycles. The molecule has 0 aliphatic carbocycles. The van der Waals surface area contributed by atoms with E-state index in [1.165, 1.54) is 12.1 Å². The second-order valence-electron chi connectivity index (χ2n) is 6.99. The van der Waals surface area contributed by atoms with Crippen LogP contribution >= 0.6 is 0 Å². The van der Waals surface area contributed by atoms with Gasteiger partial charge in [-0.3, -0.25) is 4.79 Å². The largest absolute Gasteiger partial charge is 0.348 e. The van der Waals surface area contributed by atoms with Crippen LogP contribution in [0.1, 0.15) is 42.3 Å². The van der Waals surface area contributed by atoms with Crippen LogP contribution in [0.5, 0.6) is 0 Å². The van der Waals surface area contributed by atoms with Gasteiger partial charge in [0.25, 0.3) is 5.91 Å². The van der Waals surface area contributed by atoms with E-state index in [1.54, 1.807) is 32.9 Å². The van der Waals surface area contributed by atoms with Gasteiger partial charge in [0.15, 0.2) is 0 Å². The van der Waals surface area contributed by atoms with Crippen molar-refractivity contribution in [1.82, 2.24) is 10.0 Å². The average Bonchev–Trinajstić information content (AvgIpc) is 2.52. The van der Waals surface area contributed by atoms with Crippen LogP contribution in [0.2, 0.25) is 0 Å². The van der Waals surface area contributed by atoms with Crippen molar-refractivity contribution >= 4 is 15.9 Å². The van der Waals surface area contributed by atoms with Crippen LogP contribution in [0.15, 0.2) is 53.4 Å². The maximum absolute atomic E-state index is 12.4. The second-order valence-corrected chi connectivity index (χ2v) is 8.67. The predicted octanol–water partition coefficient (Wildman–Crippen LogP) is 3.00. The van der Waals surface area contributed by atoms with Crippen molar-refractivity contribution in [2.24, 2.45) is 0 Å². The highest BCUT2D eigenvalue weighted by Gasteiger charge is 2.22. The Labute approximate surface area is 149 Å². The fourth-order valence-electron chi connectivity index (χ4n) is 2.35. The van der Waals surface area contributed by atoms with Gasteiger partial charge in [-0.15, -0.1) is 0 Å². The lowest BCUT2D eigenvalue weighted by molar-refractivity contribution is 0.0950. The third-order valence-corrected chi connectivity index (χ3v) is 5.30. The van der Waals surface area contributed by atoms with E-state index < -0.39 is 15.6 Å². The topological polar surface area (TPSA) is 75.3 Å². The van der Waals surface area contributed by atoms with Gasteiger partial charge in [0, 0.05) is 17.6 Å². The van der Waals surface area contributed by atoms with Crippen LogP contribution in [-0.2, 0) is 16.6 Å². The monoisotopic (exact) mass is 360 g/mol. The van der Waals surface area contributed by atoms with Crippen molar-refractivity contribution in [3.05, 3.63) is 65.2 Å². The Morgan fingerprint density at radius 2 is 1.72 bits per heavy atom. The lowest BCUT2D eigenvalue weighted by atomic mass is 10.1. The molecule has 0 aliphatic heterocycles. The van der Waals surface area contributed by atoms with Crippen molar-refractivity contribution in [2.45, 2.75) is 44.7 Å². The summed E-state index contributed by atoms with van der Waals surface area (Å²) in [7, 11) is -3.68. The molecular formula is C19H24N2O3S. The fraction of sp³-hybridized carbons (Fsp3) is 0.316. The first kappa shape index (κ1) is 19.1. The van der Waals surface area contributed by atoms with Gasteiger partial charge < -0.3 is 5.32 Å². The van der Waals surface area contributed by atoms with Crippen LogP contribution in [0.4, 0.5) is 0 Å². The zero-order chi connectivity index (χ0) is 18.7. The summed E-state index contributed by atoms with van der Waals surface area (Å²) < 4.78 is 27.4. The molecule has 134 valence electrons. The minimum Gasteiger partial charge on any atom is -0.348 e. The van der Waals surface area contributed by atoms with E-state index in [9.17, 15) is 13.2 Å². The Kier molecular flexibility index (Phi) is 5.65. The first-order valence-corrected chi connectivity index (χ1v) is 9.53. The Balaban J connectivity index is 2.15. The van der Waals surface area contributed by atoms with E-state index >= 15 is 0 Å². The van der Waals surface area contributed by atoms with Crippen LogP contribution in [-0.4, -0.2) is 19.9 Å². The molecule has 6 heteroatoms. The number of carbonyl (C=O) groups is 1. The molecule has 25 heavy (non-hydrogen) atoms. The van der Waals surface area contributed by atoms with Crippen molar-refractivity contribution in [3.8, 4) is 0 Å². The number of benzene rings is 2. The van der Waals surface area contributed by atoms with E-state index in [0.717, 1.165) is 11.1 Å². The zero-order valence-corrected chi connectivity index (χ0v) is 15.8. The number of hydrogen-bond acceptors (Lipinski definition) is 3. The average molecular weight is 360 g/mol. The number of sulfonamides is 1. The Bertz CT molecular complexity index is 868. The molecule has 0 aromatic heterocycles. The van der Waals surface area contributed by atoms with E-state index in [1.807, 2.05) is 31.2 Å². The van der Waals surface area contributed by atoms with Crippen LogP contribution in [0.3, 0.4) is 0 Å². The van der Waals surface area contributed by atoms with E-state index in [4.69, 9.17) is 0 Å². The lowest BCUT2D eigenvalue weighted by Crippen LogP contribution is -2.40. The highest BCUT2D eigenvalue weighted by molar-refractivity contribution is 7.89. The summed E-state index contributed by atoms with van der Waals surface area (Å²) in [5.41, 5.74) is 1.83. The minimum absolute atomic E-state index is 0.0750.